The zero-order valence-corrected chi connectivity index (χ0v) is 12.1. The van der Waals surface area contributed by atoms with Crippen LogP contribution in [0.5, 0.6) is 0 Å². The minimum absolute atomic E-state index is 0.414. The standard InChI is InChI=1S/C16H15BrFN/c17-13-5-1-3-11(9-13)10-15(18)14-6-2-4-12-7-8-19-16(12)14/h1-6,9,15,19H,7-8,10H2. The summed E-state index contributed by atoms with van der Waals surface area (Å²) in [5.74, 6) is 0. The summed E-state index contributed by atoms with van der Waals surface area (Å²) in [6, 6.07) is 13.8. The number of rotatable bonds is 3. The lowest BCUT2D eigenvalue weighted by molar-refractivity contribution is 0.343. The third-order valence-electron chi connectivity index (χ3n) is 3.52. The number of halogens is 2. The van der Waals surface area contributed by atoms with Gasteiger partial charge in [-0.05, 0) is 29.7 Å². The van der Waals surface area contributed by atoms with Crippen molar-refractivity contribution in [1.29, 1.82) is 0 Å². The molecule has 0 fully saturated rings. The van der Waals surface area contributed by atoms with Gasteiger partial charge in [-0.25, -0.2) is 4.39 Å². The Morgan fingerprint density at radius 2 is 2.05 bits per heavy atom. The number of benzene rings is 2. The zero-order chi connectivity index (χ0) is 13.2. The van der Waals surface area contributed by atoms with E-state index in [2.05, 4.69) is 27.3 Å². The largest absolute Gasteiger partial charge is 0.384 e. The van der Waals surface area contributed by atoms with Crippen molar-refractivity contribution in [3.8, 4) is 0 Å². The predicted octanol–water partition coefficient (Wildman–Crippen LogP) is 4.67. The van der Waals surface area contributed by atoms with Crippen LogP contribution in [0.4, 0.5) is 10.1 Å². The maximum Gasteiger partial charge on any atom is 0.131 e. The van der Waals surface area contributed by atoms with E-state index in [1.165, 1.54) is 5.56 Å². The van der Waals surface area contributed by atoms with E-state index in [9.17, 15) is 4.39 Å². The van der Waals surface area contributed by atoms with Crippen LogP contribution in [0.3, 0.4) is 0 Å². The Balaban J connectivity index is 1.85. The molecule has 1 aliphatic rings. The van der Waals surface area contributed by atoms with Crippen LogP contribution in [-0.4, -0.2) is 6.54 Å². The van der Waals surface area contributed by atoms with E-state index in [-0.39, 0.29) is 0 Å². The van der Waals surface area contributed by atoms with E-state index >= 15 is 0 Å². The Morgan fingerprint density at radius 3 is 2.89 bits per heavy atom. The second kappa shape index (κ2) is 5.33. The van der Waals surface area contributed by atoms with Gasteiger partial charge in [-0.3, -0.25) is 0 Å². The molecule has 0 saturated carbocycles. The van der Waals surface area contributed by atoms with Crippen LogP contribution in [-0.2, 0) is 12.8 Å². The van der Waals surface area contributed by atoms with Crippen molar-refractivity contribution < 1.29 is 4.39 Å². The van der Waals surface area contributed by atoms with E-state index in [1.807, 2.05) is 36.4 Å². The van der Waals surface area contributed by atoms with Crippen molar-refractivity contribution in [3.05, 3.63) is 63.6 Å². The van der Waals surface area contributed by atoms with Gasteiger partial charge in [0, 0.05) is 28.7 Å². The highest BCUT2D eigenvalue weighted by Crippen LogP contribution is 2.34. The van der Waals surface area contributed by atoms with Gasteiger partial charge in [0.2, 0.25) is 0 Å². The maximum absolute atomic E-state index is 14.6. The van der Waals surface area contributed by atoms with Crippen molar-refractivity contribution in [2.45, 2.75) is 19.0 Å². The highest BCUT2D eigenvalue weighted by Gasteiger charge is 2.20. The van der Waals surface area contributed by atoms with Crippen LogP contribution in [0.25, 0.3) is 0 Å². The van der Waals surface area contributed by atoms with Crippen LogP contribution >= 0.6 is 15.9 Å². The molecule has 0 aliphatic carbocycles. The van der Waals surface area contributed by atoms with Gasteiger partial charge in [-0.2, -0.15) is 0 Å². The highest BCUT2D eigenvalue weighted by atomic mass is 79.9. The Bertz CT molecular complexity index is 597. The van der Waals surface area contributed by atoms with Crippen LogP contribution in [0.15, 0.2) is 46.9 Å². The molecule has 0 bridgehead atoms. The molecule has 1 atom stereocenters. The van der Waals surface area contributed by atoms with Crippen LogP contribution in [0.2, 0.25) is 0 Å². The van der Waals surface area contributed by atoms with E-state index in [4.69, 9.17) is 0 Å². The Morgan fingerprint density at radius 1 is 1.21 bits per heavy atom. The lowest BCUT2D eigenvalue weighted by atomic mass is 9.99. The van der Waals surface area contributed by atoms with Gasteiger partial charge < -0.3 is 5.32 Å². The lowest BCUT2D eigenvalue weighted by Gasteiger charge is -2.13. The average molecular weight is 320 g/mol. The van der Waals surface area contributed by atoms with Crippen LogP contribution in [0, 0.1) is 0 Å². The third-order valence-corrected chi connectivity index (χ3v) is 4.01. The summed E-state index contributed by atoms with van der Waals surface area (Å²) in [7, 11) is 0. The van der Waals surface area contributed by atoms with E-state index in [1.54, 1.807) is 0 Å². The number of hydrogen-bond acceptors (Lipinski definition) is 1. The number of para-hydroxylation sites is 1. The molecule has 1 nitrogen and oxygen atoms in total. The molecule has 0 aromatic heterocycles. The number of fused-ring (bicyclic) bond motifs is 1. The second-order valence-corrected chi connectivity index (χ2v) is 5.78. The van der Waals surface area contributed by atoms with E-state index in [0.29, 0.717) is 6.42 Å². The molecule has 19 heavy (non-hydrogen) atoms. The van der Waals surface area contributed by atoms with Crippen molar-refractivity contribution >= 4 is 21.6 Å². The minimum Gasteiger partial charge on any atom is -0.384 e. The quantitative estimate of drug-likeness (QED) is 0.866. The molecular formula is C16H15BrFN. The normalized spacial score (nSPS) is 14.8. The number of nitrogens with one attached hydrogen (secondary N) is 1. The molecule has 0 saturated heterocycles. The van der Waals surface area contributed by atoms with Gasteiger partial charge >= 0.3 is 0 Å². The summed E-state index contributed by atoms with van der Waals surface area (Å²) in [5.41, 5.74) is 4.03. The predicted molar refractivity (Wildman–Crippen MR) is 80.3 cm³/mol. The van der Waals surface area contributed by atoms with Gasteiger partial charge in [0.15, 0.2) is 0 Å². The molecule has 0 spiro atoms. The molecule has 3 rings (SSSR count). The first-order valence-corrected chi connectivity index (χ1v) is 7.27. The number of anilines is 1. The van der Waals surface area contributed by atoms with Gasteiger partial charge in [0.1, 0.15) is 6.17 Å². The minimum atomic E-state index is -0.963. The third kappa shape index (κ3) is 2.66. The van der Waals surface area contributed by atoms with Gasteiger partial charge in [-0.1, -0.05) is 46.3 Å². The first-order chi connectivity index (χ1) is 9.24. The molecule has 1 heterocycles. The Labute approximate surface area is 121 Å². The first kappa shape index (κ1) is 12.7. The first-order valence-electron chi connectivity index (χ1n) is 6.48. The van der Waals surface area contributed by atoms with E-state index < -0.39 is 6.17 Å². The molecule has 1 aliphatic heterocycles. The van der Waals surface area contributed by atoms with Crippen molar-refractivity contribution in [2.75, 3.05) is 11.9 Å². The smallest absolute Gasteiger partial charge is 0.131 e. The van der Waals surface area contributed by atoms with Crippen molar-refractivity contribution in [1.82, 2.24) is 0 Å². The number of hydrogen-bond donors (Lipinski definition) is 1. The SMILES string of the molecule is FC(Cc1cccc(Br)c1)c1cccc2c1NCC2. The zero-order valence-electron chi connectivity index (χ0n) is 10.5. The average Bonchev–Trinajstić information content (AvgIpc) is 2.86. The van der Waals surface area contributed by atoms with Crippen LogP contribution in [0.1, 0.15) is 22.9 Å². The van der Waals surface area contributed by atoms with Gasteiger partial charge in [0.05, 0.1) is 0 Å². The second-order valence-electron chi connectivity index (χ2n) is 4.86. The molecule has 0 radical (unpaired) electrons. The molecule has 2 aromatic carbocycles. The lowest BCUT2D eigenvalue weighted by Crippen LogP contribution is -2.01. The molecule has 0 amide bonds. The molecular weight excluding hydrogens is 305 g/mol. The van der Waals surface area contributed by atoms with Crippen molar-refractivity contribution in [2.24, 2.45) is 0 Å². The highest BCUT2D eigenvalue weighted by molar-refractivity contribution is 9.10. The fourth-order valence-electron chi connectivity index (χ4n) is 2.61. The molecule has 98 valence electrons. The van der Waals surface area contributed by atoms with Crippen molar-refractivity contribution in [3.63, 3.8) is 0 Å². The molecule has 3 heteroatoms. The maximum atomic E-state index is 14.6. The molecule has 1 N–H and O–H groups in total. The molecule has 1 unspecified atom stereocenters. The van der Waals surface area contributed by atoms with Crippen LogP contribution < -0.4 is 5.32 Å². The summed E-state index contributed by atoms with van der Waals surface area (Å²) < 4.78 is 15.5. The summed E-state index contributed by atoms with van der Waals surface area (Å²) in [6.07, 6.45) is 0.444. The fraction of sp³-hybridized carbons (Fsp3) is 0.250. The van der Waals surface area contributed by atoms with Gasteiger partial charge in [0.25, 0.3) is 0 Å². The monoisotopic (exact) mass is 319 g/mol. The number of alkyl halides is 1. The Hall–Kier alpha value is -1.35. The Kier molecular flexibility index (Phi) is 3.56. The topological polar surface area (TPSA) is 12.0 Å². The summed E-state index contributed by atoms with van der Waals surface area (Å²) >= 11 is 3.42. The fourth-order valence-corrected chi connectivity index (χ4v) is 3.05. The summed E-state index contributed by atoms with van der Waals surface area (Å²) in [5, 5.41) is 3.30. The summed E-state index contributed by atoms with van der Waals surface area (Å²) in [4.78, 5) is 0. The van der Waals surface area contributed by atoms with E-state index in [0.717, 1.165) is 34.3 Å². The molecule has 2 aromatic rings. The summed E-state index contributed by atoms with van der Waals surface area (Å²) in [6.45, 7) is 0.913. The van der Waals surface area contributed by atoms with Gasteiger partial charge in [-0.15, -0.1) is 0 Å².